The highest BCUT2D eigenvalue weighted by Crippen LogP contribution is 2.37. The first-order valence-electron chi connectivity index (χ1n) is 3.54. The molecule has 2 nitrogen and oxygen atoms in total. The Morgan fingerprint density at radius 1 is 1.27 bits per heavy atom. The molecule has 0 rings (SSSR count). The fourth-order valence-electron chi connectivity index (χ4n) is 0.492. The molecule has 0 saturated carbocycles. The van der Waals surface area contributed by atoms with E-state index in [0.717, 1.165) is 0 Å². The van der Waals surface area contributed by atoms with Gasteiger partial charge in [-0.2, -0.15) is 22.0 Å². The van der Waals surface area contributed by atoms with Crippen LogP contribution >= 0.6 is 11.6 Å². The van der Waals surface area contributed by atoms with Crippen LogP contribution in [0, 0.1) is 0 Å². The number of carbonyl (C=O) groups excluding carboxylic acids is 1. The zero-order valence-corrected chi connectivity index (χ0v) is 7.96. The molecule has 0 amide bonds. The minimum absolute atomic E-state index is 0.592. The van der Waals surface area contributed by atoms with Crippen LogP contribution in [0.2, 0.25) is 0 Å². The van der Waals surface area contributed by atoms with Crippen molar-refractivity contribution in [3.8, 4) is 0 Å². The summed E-state index contributed by atoms with van der Waals surface area (Å²) in [6, 6.07) is 0. The van der Waals surface area contributed by atoms with Crippen LogP contribution in [0.15, 0.2) is 11.6 Å². The fourth-order valence-corrected chi connectivity index (χ4v) is 0.547. The van der Waals surface area contributed by atoms with Gasteiger partial charge >= 0.3 is 18.1 Å². The van der Waals surface area contributed by atoms with Crippen LogP contribution < -0.4 is 0 Å². The minimum atomic E-state index is -5.66. The number of halogens is 6. The molecule has 0 unspecified atom stereocenters. The molecule has 0 aromatic rings. The molecule has 0 aromatic carbocycles. The van der Waals surface area contributed by atoms with Crippen molar-refractivity contribution in [2.75, 3.05) is 6.61 Å². The molecule has 0 bridgehead atoms. The quantitative estimate of drug-likeness (QED) is 0.437. The highest BCUT2D eigenvalue weighted by Gasteiger charge is 2.56. The summed E-state index contributed by atoms with van der Waals surface area (Å²) in [5, 5.41) is -0.592. The van der Waals surface area contributed by atoms with E-state index in [0.29, 0.717) is 0 Å². The molecule has 0 aromatic heterocycles. The summed E-state index contributed by atoms with van der Waals surface area (Å²) in [4.78, 5) is 10.5. The smallest absolute Gasteiger partial charge is 0.453 e. The van der Waals surface area contributed by atoms with E-state index in [4.69, 9.17) is 11.6 Å². The van der Waals surface area contributed by atoms with Gasteiger partial charge in [0.25, 0.3) is 0 Å². The van der Waals surface area contributed by atoms with Crippen LogP contribution in [-0.4, -0.2) is 24.7 Å². The van der Waals surface area contributed by atoms with E-state index in [2.05, 4.69) is 11.3 Å². The molecule has 15 heavy (non-hydrogen) atoms. The third kappa shape index (κ3) is 4.46. The number of alkyl halides is 5. The van der Waals surface area contributed by atoms with Crippen molar-refractivity contribution in [2.24, 2.45) is 0 Å². The lowest BCUT2D eigenvalue weighted by molar-refractivity contribution is -0.286. The van der Waals surface area contributed by atoms with E-state index < -0.39 is 36.1 Å². The van der Waals surface area contributed by atoms with Crippen molar-refractivity contribution < 1.29 is 31.5 Å². The highest BCUT2D eigenvalue weighted by molar-refractivity contribution is 6.40. The minimum Gasteiger partial charge on any atom is -0.461 e. The summed E-state index contributed by atoms with van der Waals surface area (Å²) in [7, 11) is 0. The van der Waals surface area contributed by atoms with Crippen molar-refractivity contribution in [3.63, 3.8) is 0 Å². The first-order chi connectivity index (χ1) is 6.58. The first-order valence-corrected chi connectivity index (χ1v) is 3.92. The molecular formula is C7H6ClF5O2. The van der Waals surface area contributed by atoms with E-state index in [1.807, 2.05) is 0 Å². The van der Waals surface area contributed by atoms with E-state index in [1.54, 1.807) is 0 Å². The van der Waals surface area contributed by atoms with Crippen molar-refractivity contribution in [1.82, 2.24) is 0 Å². The van der Waals surface area contributed by atoms with Crippen LogP contribution in [0.5, 0.6) is 0 Å². The maximum Gasteiger partial charge on any atom is 0.453 e. The van der Waals surface area contributed by atoms with E-state index >= 15 is 0 Å². The largest absolute Gasteiger partial charge is 0.461 e. The van der Waals surface area contributed by atoms with Crippen molar-refractivity contribution in [1.29, 1.82) is 0 Å². The highest BCUT2D eigenvalue weighted by atomic mass is 35.5. The summed E-state index contributed by atoms with van der Waals surface area (Å²) in [5.41, 5.74) is 0. The summed E-state index contributed by atoms with van der Waals surface area (Å²) in [6.45, 7) is 1.81. The van der Waals surface area contributed by atoms with Crippen molar-refractivity contribution in [2.45, 2.75) is 18.5 Å². The predicted molar refractivity (Wildman–Crippen MR) is 41.6 cm³/mol. The van der Waals surface area contributed by atoms with Crippen LogP contribution in [0.25, 0.3) is 0 Å². The first kappa shape index (κ1) is 14.2. The maximum atomic E-state index is 12.2. The Kier molecular flexibility index (Phi) is 4.51. The van der Waals surface area contributed by atoms with Crippen LogP contribution in [-0.2, 0) is 9.53 Å². The summed E-state index contributed by atoms with van der Waals surface area (Å²) < 4.78 is 63.2. The monoisotopic (exact) mass is 252 g/mol. The number of esters is 1. The van der Waals surface area contributed by atoms with Gasteiger partial charge in [-0.3, -0.25) is 0 Å². The van der Waals surface area contributed by atoms with Gasteiger partial charge in [0.15, 0.2) is 0 Å². The molecule has 0 fully saturated rings. The summed E-state index contributed by atoms with van der Waals surface area (Å²) in [6.07, 6.45) is -7.30. The molecule has 0 aliphatic carbocycles. The number of hydrogen-bond donors (Lipinski definition) is 0. The van der Waals surface area contributed by atoms with E-state index in [1.165, 1.54) is 0 Å². The second-order valence-corrected chi connectivity index (χ2v) is 2.95. The average Bonchev–Trinajstić information content (AvgIpc) is 2.01. The van der Waals surface area contributed by atoms with Gasteiger partial charge in [-0.25, -0.2) is 4.79 Å². The third-order valence-corrected chi connectivity index (χ3v) is 1.44. The molecule has 0 heterocycles. The Hall–Kier alpha value is -0.850. The van der Waals surface area contributed by atoms with Crippen LogP contribution in [0.4, 0.5) is 22.0 Å². The van der Waals surface area contributed by atoms with E-state index in [-0.39, 0.29) is 0 Å². The lowest BCUT2D eigenvalue weighted by Gasteiger charge is -2.18. The molecule has 88 valence electrons. The number of carbonyl (C=O) groups is 1. The zero-order valence-electron chi connectivity index (χ0n) is 7.21. The fraction of sp³-hybridized carbons (Fsp3) is 0.571. The summed E-state index contributed by atoms with van der Waals surface area (Å²) >= 11 is 4.99. The second kappa shape index (κ2) is 4.78. The van der Waals surface area contributed by atoms with Gasteiger partial charge in [0, 0.05) is 0 Å². The van der Waals surface area contributed by atoms with Gasteiger partial charge in [-0.05, 0) is 0 Å². The lowest BCUT2D eigenvalue weighted by atomic mass is 10.2. The van der Waals surface area contributed by atoms with Gasteiger partial charge in [-0.1, -0.05) is 18.2 Å². The number of ether oxygens (including phenoxy) is 1. The zero-order chi connectivity index (χ0) is 12.3. The van der Waals surface area contributed by atoms with Gasteiger partial charge in [-0.15, -0.1) is 0 Å². The van der Waals surface area contributed by atoms with Crippen LogP contribution in [0.1, 0.15) is 6.42 Å². The second-order valence-electron chi connectivity index (χ2n) is 2.49. The Balaban J connectivity index is 4.07. The predicted octanol–water partition coefficient (Wildman–Crippen LogP) is 2.87. The average molecular weight is 253 g/mol. The third-order valence-electron chi connectivity index (χ3n) is 1.29. The molecule has 0 radical (unpaired) electrons. The molecule has 0 N–H and O–H groups in total. The molecule has 0 saturated heterocycles. The summed E-state index contributed by atoms with van der Waals surface area (Å²) in [5.74, 6) is -6.12. The molecule has 0 aliphatic heterocycles. The SMILES string of the molecule is C=C(Cl)C(=O)OCCC(F)(F)C(F)(F)F. The van der Waals surface area contributed by atoms with Gasteiger partial charge in [0.05, 0.1) is 13.0 Å². The Labute approximate surface area is 86.6 Å². The molecule has 0 aliphatic rings. The molecular weight excluding hydrogens is 247 g/mol. The van der Waals surface area contributed by atoms with Crippen molar-refractivity contribution in [3.05, 3.63) is 11.6 Å². The maximum absolute atomic E-state index is 12.2. The molecule has 0 atom stereocenters. The number of hydrogen-bond acceptors (Lipinski definition) is 2. The van der Waals surface area contributed by atoms with Gasteiger partial charge < -0.3 is 4.74 Å². The molecule has 0 spiro atoms. The Bertz CT molecular complexity index is 261. The Morgan fingerprint density at radius 2 is 1.73 bits per heavy atom. The van der Waals surface area contributed by atoms with Crippen molar-refractivity contribution >= 4 is 17.6 Å². The van der Waals surface area contributed by atoms with Gasteiger partial charge in [0.1, 0.15) is 5.03 Å². The van der Waals surface area contributed by atoms with E-state index in [9.17, 15) is 26.7 Å². The standard InChI is InChI=1S/C7H6ClF5O2/c1-4(8)5(14)15-3-2-6(9,10)7(11,12)13/h1-3H2. The number of rotatable bonds is 4. The topological polar surface area (TPSA) is 26.3 Å². The Morgan fingerprint density at radius 3 is 2.07 bits per heavy atom. The normalized spacial score (nSPS) is 12.4. The molecule has 8 heteroatoms. The lowest BCUT2D eigenvalue weighted by Crippen LogP contribution is -2.37. The van der Waals surface area contributed by atoms with Crippen LogP contribution in [0.3, 0.4) is 0 Å². The van der Waals surface area contributed by atoms with Gasteiger partial charge in [0.2, 0.25) is 0 Å².